The fraction of sp³-hybridized carbons (Fsp3) is 0.522. The Balaban J connectivity index is -0.00000144. The normalized spacial score (nSPS) is 13.1. The molecule has 10 nitrogen and oxygen atoms in total. The zero-order valence-corrected chi connectivity index (χ0v) is 26.3. The molecule has 0 aliphatic heterocycles. The van der Waals surface area contributed by atoms with E-state index in [0.29, 0.717) is 19.4 Å². The highest BCUT2D eigenvalue weighted by atomic mass is 35.5. The maximum Gasteiger partial charge on any atom is 0.284 e. The second kappa shape index (κ2) is 22.4. The van der Waals surface area contributed by atoms with Gasteiger partial charge in [-0.1, -0.05) is 37.7 Å². The van der Waals surface area contributed by atoms with E-state index in [4.69, 9.17) is 0 Å². The van der Waals surface area contributed by atoms with Crippen molar-refractivity contribution < 1.29 is 86.9 Å². The van der Waals surface area contributed by atoms with Crippen molar-refractivity contribution in [1.82, 2.24) is 16.0 Å². The molecule has 0 saturated heterocycles. The van der Waals surface area contributed by atoms with Gasteiger partial charge in [0.05, 0.1) is 0 Å². The molecule has 0 spiro atoms. The van der Waals surface area contributed by atoms with E-state index in [2.05, 4.69) is 82.1 Å². The van der Waals surface area contributed by atoms with Gasteiger partial charge in [-0.15, -0.1) is 5.54 Å². The van der Waals surface area contributed by atoms with Gasteiger partial charge >= 0.3 is 0 Å². The lowest BCUT2D eigenvalue weighted by Crippen LogP contribution is -3.00. The van der Waals surface area contributed by atoms with E-state index in [0.717, 1.165) is 18.4 Å². The predicted molar refractivity (Wildman–Crippen MR) is 132 cm³/mol. The van der Waals surface area contributed by atoms with Gasteiger partial charge in [-0.05, 0) is 30.5 Å². The molecule has 0 aliphatic carbocycles. The highest BCUT2D eigenvalue weighted by molar-refractivity contribution is 6.83. The van der Waals surface area contributed by atoms with Gasteiger partial charge in [0, 0.05) is 18.7 Å². The summed E-state index contributed by atoms with van der Waals surface area (Å²) in [5, 5.41) is 8.59. The Bertz CT molecular complexity index is 880. The van der Waals surface area contributed by atoms with Crippen LogP contribution >= 0.6 is 0 Å². The number of hydrogen-bond acceptors (Lipinski definition) is 4. The molecule has 0 radical (unpaired) electrons. The van der Waals surface area contributed by atoms with Crippen molar-refractivity contribution >= 4 is 26.2 Å². The van der Waals surface area contributed by atoms with Crippen molar-refractivity contribution in [3.8, 4) is 11.5 Å². The smallest absolute Gasteiger partial charge is 0.284 e. The van der Waals surface area contributed by atoms with Gasteiger partial charge in [-0.2, -0.15) is 0 Å². The first kappa shape index (κ1) is 43.6. The molecule has 1 rings (SSSR count). The summed E-state index contributed by atoms with van der Waals surface area (Å²) in [5.41, 5.74) is 20.5. The van der Waals surface area contributed by atoms with Crippen molar-refractivity contribution in [3.05, 3.63) is 35.4 Å². The molecule has 0 aromatic heterocycles. The topological polar surface area (TPSA) is 198 Å². The fourth-order valence-corrected chi connectivity index (χ4v) is 3.34. The van der Waals surface area contributed by atoms with E-state index in [-0.39, 0.29) is 68.0 Å². The van der Waals surface area contributed by atoms with Crippen LogP contribution in [-0.4, -0.2) is 70.1 Å². The molecule has 0 fully saturated rings. The van der Waals surface area contributed by atoms with E-state index in [9.17, 15) is 14.4 Å². The van der Waals surface area contributed by atoms with Crippen molar-refractivity contribution in [2.75, 3.05) is 19.6 Å². The van der Waals surface area contributed by atoms with Crippen LogP contribution in [0.25, 0.3) is 0 Å². The number of nitrogens with one attached hydrogen (secondary N) is 3. The van der Waals surface area contributed by atoms with Crippen LogP contribution in [0.5, 0.6) is 0 Å². The molecule has 1 aromatic rings. The molecular formula is C23H43Cl4N7O3Si. The average Bonchev–Trinajstić information content (AvgIpc) is 2.81. The van der Waals surface area contributed by atoms with E-state index < -0.39 is 32.4 Å². The summed E-state index contributed by atoms with van der Waals surface area (Å²) in [4.78, 5) is 35.8. The van der Waals surface area contributed by atoms with Crippen LogP contribution in [0.4, 0.5) is 0 Å². The Kier molecular flexibility index (Phi) is 25.7. The third kappa shape index (κ3) is 18.0. The number of quaternary nitrogens is 4. The Labute approximate surface area is 251 Å². The number of aldehydes is 1. The molecule has 38 heavy (non-hydrogen) atoms. The summed E-state index contributed by atoms with van der Waals surface area (Å²) in [6.45, 7) is 7.53. The van der Waals surface area contributed by atoms with E-state index in [1.807, 2.05) is 12.1 Å². The first-order valence-corrected chi connectivity index (χ1v) is 15.1. The molecule has 1 aromatic carbocycles. The van der Waals surface area contributed by atoms with Crippen molar-refractivity contribution in [3.63, 3.8) is 0 Å². The molecule has 2 amide bonds. The Hall–Kier alpha value is -1.43. The maximum absolute atomic E-state index is 12.7. The monoisotopic (exact) mass is 633 g/mol. The summed E-state index contributed by atoms with van der Waals surface area (Å²) in [5.74, 6) is 2.68. The van der Waals surface area contributed by atoms with Gasteiger partial charge in [-0.25, -0.2) is 5.32 Å². The molecule has 4 unspecified atom stereocenters. The van der Waals surface area contributed by atoms with E-state index in [1.54, 1.807) is 0 Å². The summed E-state index contributed by atoms with van der Waals surface area (Å²) >= 11 is 0. The number of hydrogen-bond donors (Lipinski definition) is 7. The quantitative estimate of drug-likeness (QED) is 0.0372. The Morgan fingerprint density at radius 1 is 0.974 bits per heavy atom. The number of halogens is 4. The summed E-state index contributed by atoms with van der Waals surface area (Å²) in [6.07, 6.45) is 1.67. The Morgan fingerprint density at radius 2 is 1.55 bits per heavy atom. The number of aryl methyl sites for hydroxylation is 1. The van der Waals surface area contributed by atoms with Gasteiger partial charge < -0.3 is 83.2 Å². The molecule has 4 atom stereocenters. The van der Waals surface area contributed by atoms with Crippen molar-refractivity contribution in [1.29, 1.82) is 0 Å². The lowest BCUT2D eigenvalue weighted by Gasteiger charge is -2.21. The predicted octanol–water partition coefficient (Wildman–Crippen LogP) is -16.7. The molecule has 0 saturated carbocycles. The van der Waals surface area contributed by atoms with Gasteiger partial charge in [0.2, 0.25) is 18.0 Å². The minimum absolute atomic E-state index is 0. The second-order valence-electron chi connectivity index (χ2n) is 9.45. The highest BCUT2D eigenvalue weighted by Gasteiger charge is 2.28. The zero-order valence-electron chi connectivity index (χ0n) is 22.3. The van der Waals surface area contributed by atoms with Crippen LogP contribution in [-0.2, 0) is 20.8 Å². The molecule has 0 aliphatic rings. The first-order chi connectivity index (χ1) is 16.0. The number of carbonyl (C=O) groups excluding carboxylic acids is 3. The lowest BCUT2D eigenvalue weighted by molar-refractivity contribution is -0.520. The number of rotatable bonds is 13. The first-order valence-electron chi connectivity index (χ1n) is 11.6. The molecular weight excluding hydrogens is 592 g/mol. The Morgan fingerprint density at radius 3 is 2.05 bits per heavy atom. The van der Waals surface area contributed by atoms with Crippen molar-refractivity contribution in [2.24, 2.45) is 0 Å². The molecule has 15 N–H and O–H groups in total. The second-order valence-corrected chi connectivity index (χ2v) is 14.2. The fourth-order valence-electron chi connectivity index (χ4n) is 2.82. The van der Waals surface area contributed by atoms with Crippen LogP contribution in [0.2, 0.25) is 19.6 Å². The van der Waals surface area contributed by atoms with Gasteiger partial charge in [0.25, 0.3) is 5.91 Å². The third-order valence-corrected chi connectivity index (χ3v) is 5.98. The molecule has 0 heterocycles. The number of amides is 2. The summed E-state index contributed by atoms with van der Waals surface area (Å²) < 4.78 is 0. The van der Waals surface area contributed by atoms with Crippen LogP contribution in [0.1, 0.15) is 17.5 Å². The highest BCUT2D eigenvalue weighted by Crippen LogP contribution is 2.07. The van der Waals surface area contributed by atoms with Crippen LogP contribution in [0.15, 0.2) is 24.3 Å². The van der Waals surface area contributed by atoms with E-state index in [1.165, 1.54) is 5.56 Å². The van der Waals surface area contributed by atoms with Gasteiger partial charge in [0.1, 0.15) is 20.7 Å². The molecule has 15 heteroatoms. The molecule has 220 valence electrons. The minimum Gasteiger partial charge on any atom is -1.00 e. The minimum atomic E-state index is -1.40. The zero-order chi connectivity index (χ0) is 25.7. The van der Waals surface area contributed by atoms with Crippen LogP contribution in [0.3, 0.4) is 0 Å². The maximum atomic E-state index is 12.7. The standard InChI is InChI=1S/C23H39N7O3Si.4ClH/c1-34(2,3)12-10-17-8-6-16(7-9-17)5-4-11-28-23(33)20(30-21(27)19(26)15-31)14-29-22(32)18(25)13-24;;;;/h6-9,15,18-21,30H,4-5,11,13-14,24-27H2,1-3H3,(H,28,33)(H,29,32);4*1H. The van der Waals surface area contributed by atoms with Gasteiger partial charge in [-0.3, -0.25) is 14.4 Å². The van der Waals surface area contributed by atoms with Crippen LogP contribution in [0, 0.1) is 11.5 Å². The summed E-state index contributed by atoms with van der Waals surface area (Å²) in [6, 6.07) is 6.32. The third-order valence-electron chi connectivity index (χ3n) is 5.10. The van der Waals surface area contributed by atoms with Gasteiger partial charge in [0.15, 0.2) is 12.5 Å². The van der Waals surface area contributed by atoms with Crippen molar-refractivity contribution in [2.45, 2.75) is 56.8 Å². The largest absolute Gasteiger partial charge is 1.00 e. The molecule has 0 bridgehead atoms. The number of carbonyl (C=O) groups is 3. The van der Waals surface area contributed by atoms with E-state index >= 15 is 0 Å². The lowest BCUT2D eigenvalue weighted by atomic mass is 10.1. The average molecular weight is 636 g/mol. The summed E-state index contributed by atoms with van der Waals surface area (Å²) in [7, 11) is -1.40. The SMILES string of the molecule is C[Si](C)(C)C#Cc1ccc(CCCNC(=O)C(CNC(=O)C([NH3+])C[NH3+])NC([NH3+])C([NH3+])C=O)cc1.[Cl-].[Cl-].[Cl-].[Cl-]. The number of benzene rings is 1. The van der Waals surface area contributed by atoms with Crippen LogP contribution < -0.4 is 88.5 Å².